The Kier molecular flexibility index (Phi) is 5.96. The van der Waals surface area contributed by atoms with E-state index >= 15 is 0 Å². The summed E-state index contributed by atoms with van der Waals surface area (Å²) in [5.74, 6) is 1.26. The van der Waals surface area contributed by atoms with Crippen LogP contribution in [0.4, 0.5) is 0 Å². The molecule has 3 rings (SSSR count). The highest BCUT2D eigenvalue weighted by Crippen LogP contribution is 2.23. The van der Waals surface area contributed by atoms with Gasteiger partial charge in [0.2, 0.25) is 0 Å². The Morgan fingerprint density at radius 1 is 1.18 bits per heavy atom. The molecule has 1 heterocycles. The summed E-state index contributed by atoms with van der Waals surface area (Å²) in [7, 11) is 0. The molecule has 0 radical (unpaired) electrons. The van der Waals surface area contributed by atoms with Gasteiger partial charge in [0.1, 0.15) is 28.3 Å². The summed E-state index contributed by atoms with van der Waals surface area (Å²) in [4.78, 5) is 12.6. The highest BCUT2D eigenvalue weighted by atomic mass is 35.5. The van der Waals surface area contributed by atoms with Gasteiger partial charge in [0.25, 0.3) is 5.56 Å². The van der Waals surface area contributed by atoms with Crippen molar-refractivity contribution in [3.63, 3.8) is 0 Å². The summed E-state index contributed by atoms with van der Waals surface area (Å²) < 4.78 is 8.07. The Hall–Kier alpha value is -3.32. The molecule has 0 aliphatic heterocycles. The van der Waals surface area contributed by atoms with Gasteiger partial charge in [0, 0.05) is 11.6 Å². The van der Waals surface area contributed by atoms with Gasteiger partial charge in [-0.25, -0.2) is 0 Å². The predicted molar refractivity (Wildman–Crippen MR) is 110 cm³/mol. The zero-order valence-corrected chi connectivity index (χ0v) is 16.4. The molecule has 0 N–H and O–H groups in total. The average molecular weight is 408 g/mol. The Labute approximate surface area is 170 Å². The Bertz CT molecular complexity index is 1260. The number of nitrogens with zero attached hydrogens (tertiary/aromatic N) is 3. The largest absolute Gasteiger partial charge is 0.457 e. The van der Waals surface area contributed by atoms with E-state index in [0.717, 1.165) is 16.9 Å². The molecule has 0 saturated heterocycles. The molecule has 1 aromatic heterocycles. The molecular formula is C21H14ClN3O2S. The van der Waals surface area contributed by atoms with E-state index in [0.29, 0.717) is 32.3 Å². The van der Waals surface area contributed by atoms with Crippen LogP contribution in [0, 0.1) is 22.7 Å². The quantitative estimate of drug-likeness (QED) is 0.664. The molecule has 0 saturated carbocycles. The van der Waals surface area contributed by atoms with Gasteiger partial charge < -0.3 is 4.74 Å². The van der Waals surface area contributed by atoms with Crippen molar-refractivity contribution in [2.75, 3.05) is 0 Å². The highest BCUT2D eigenvalue weighted by molar-refractivity contribution is 7.07. The Morgan fingerprint density at radius 2 is 1.89 bits per heavy atom. The first-order valence-corrected chi connectivity index (χ1v) is 9.54. The molecule has 0 amide bonds. The molecule has 5 nitrogen and oxygen atoms in total. The number of benzene rings is 2. The zero-order valence-electron chi connectivity index (χ0n) is 14.8. The number of aromatic nitrogens is 1. The van der Waals surface area contributed by atoms with Crippen LogP contribution in [0.15, 0.2) is 53.3 Å². The fraction of sp³-hybridized carbons (Fsp3) is 0.0952. The smallest absolute Gasteiger partial charge is 0.269 e. The number of halogens is 1. The maximum atomic E-state index is 12.6. The van der Waals surface area contributed by atoms with Crippen LogP contribution in [0.1, 0.15) is 12.5 Å². The third-order valence-corrected chi connectivity index (χ3v) is 5.25. The molecule has 0 spiro atoms. The lowest BCUT2D eigenvalue weighted by molar-refractivity contribution is 0.482. The maximum Gasteiger partial charge on any atom is 0.269 e. The van der Waals surface area contributed by atoms with E-state index < -0.39 is 0 Å². The van der Waals surface area contributed by atoms with Crippen LogP contribution < -0.4 is 19.5 Å². The molecule has 0 bridgehead atoms. The highest BCUT2D eigenvalue weighted by Gasteiger charge is 2.08. The van der Waals surface area contributed by atoms with E-state index in [1.54, 1.807) is 37.3 Å². The lowest BCUT2D eigenvalue weighted by atomic mass is 10.2. The molecule has 0 aliphatic rings. The fourth-order valence-electron chi connectivity index (χ4n) is 2.57. The first-order valence-electron chi connectivity index (χ1n) is 8.35. The van der Waals surface area contributed by atoms with Gasteiger partial charge in [-0.1, -0.05) is 23.7 Å². The number of hydrogen-bond donors (Lipinski definition) is 0. The van der Waals surface area contributed by atoms with E-state index in [-0.39, 0.29) is 11.1 Å². The summed E-state index contributed by atoms with van der Waals surface area (Å²) in [6.07, 6.45) is 1.73. The van der Waals surface area contributed by atoms with Gasteiger partial charge in [-0.2, -0.15) is 10.5 Å². The number of nitriles is 2. The van der Waals surface area contributed by atoms with E-state index in [1.165, 1.54) is 4.57 Å². The van der Waals surface area contributed by atoms with Crippen LogP contribution in [0.25, 0.3) is 11.6 Å². The van der Waals surface area contributed by atoms with Crippen molar-refractivity contribution in [2.45, 2.75) is 13.5 Å². The van der Waals surface area contributed by atoms with E-state index in [2.05, 4.69) is 0 Å². The Morgan fingerprint density at radius 3 is 2.54 bits per heavy atom. The molecule has 0 fully saturated rings. The van der Waals surface area contributed by atoms with Crippen LogP contribution in [0.2, 0.25) is 5.02 Å². The standard InChI is InChI=1S/C21H14ClN3O2S/c1-2-25-20(26)19(28-21(25)15(12-23)13-24)11-14-4-3-5-18(10-14)27-17-8-6-16(22)7-9-17/h3-11H,2H2,1H3/b19-11+. The fourth-order valence-corrected chi connectivity index (χ4v) is 3.81. The minimum absolute atomic E-state index is 0.0663. The van der Waals surface area contributed by atoms with E-state index in [4.69, 9.17) is 26.9 Å². The molecule has 0 atom stereocenters. The first-order chi connectivity index (χ1) is 13.5. The lowest BCUT2D eigenvalue weighted by Gasteiger charge is -2.06. The summed E-state index contributed by atoms with van der Waals surface area (Å²) in [6.45, 7) is 2.18. The van der Waals surface area contributed by atoms with Crippen molar-refractivity contribution in [2.24, 2.45) is 0 Å². The molecule has 28 heavy (non-hydrogen) atoms. The molecule has 0 aliphatic carbocycles. The SMILES string of the molecule is CCn1c(=C(C#N)C#N)s/c(=C/c2cccc(Oc3ccc(Cl)cc3)c2)c1=O. The van der Waals surface area contributed by atoms with Crippen LogP contribution in [0.3, 0.4) is 0 Å². The predicted octanol–water partition coefficient (Wildman–Crippen LogP) is 3.40. The van der Waals surface area contributed by atoms with Crippen LogP contribution in [-0.4, -0.2) is 4.57 Å². The van der Waals surface area contributed by atoms with Gasteiger partial charge >= 0.3 is 0 Å². The van der Waals surface area contributed by atoms with Crippen molar-refractivity contribution in [1.29, 1.82) is 10.5 Å². The molecule has 138 valence electrons. The number of thiazole rings is 1. The molecule has 0 unspecified atom stereocenters. The number of ether oxygens (including phenoxy) is 1. The van der Waals surface area contributed by atoms with Gasteiger partial charge in [0.05, 0.1) is 4.53 Å². The average Bonchev–Trinajstić information content (AvgIpc) is 3.00. The van der Waals surface area contributed by atoms with E-state index in [9.17, 15) is 4.79 Å². The number of rotatable bonds is 4. The molecule has 7 heteroatoms. The second-order valence-corrected chi connectivity index (χ2v) is 7.16. The van der Waals surface area contributed by atoms with Gasteiger partial charge in [0.15, 0.2) is 5.57 Å². The van der Waals surface area contributed by atoms with Crippen molar-refractivity contribution in [3.8, 4) is 23.6 Å². The molecule has 3 aromatic rings. The van der Waals surface area contributed by atoms with Gasteiger partial charge in [-0.15, -0.1) is 11.3 Å². The third kappa shape index (κ3) is 4.15. The summed E-state index contributed by atoms with van der Waals surface area (Å²) in [5, 5.41) is 18.9. The van der Waals surface area contributed by atoms with Crippen molar-refractivity contribution in [3.05, 3.63) is 78.7 Å². The summed E-state index contributed by atoms with van der Waals surface area (Å²) in [5.41, 5.74) is 0.480. The minimum Gasteiger partial charge on any atom is -0.457 e. The lowest BCUT2D eigenvalue weighted by Crippen LogP contribution is -2.31. The van der Waals surface area contributed by atoms with E-state index in [1.807, 2.05) is 36.4 Å². The second kappa shape index (κ2) is 8.58. The van der Waals surface area contributed by atoms with Crippen molar-refractivity contribution >= 4 is 34.6 Å². The van der Waals surface area contributed by atoms with Gasteiger partial charge in [-0.3, -0.25) is 9.36 Å². The van der Waals surface area contributed by atoms with Crippen LogP contribution in [0.5, 0.6) is 11.5 Å². The maximum absolute atomic E-state index is 12.6. The minimum atomic E-state index is -0.227. The zero-order chi connectivity index (χ0) is 20.1. The van der Waals surface area contributed by atoms with Crippen molar-refractivity contribution < 1.29 is 4.74 Å². The molecular weight excluding hydrogens is 394 g/mol. The monoisotopic (exact) mass is 407 g/mol. The second-order valence-electron chi connectivity index (χ2n) is 5.69. The topological polar surface area (TPSA) is 78.8 Å². The normalized spacial score (nSPS) is 10.9. The Balaban J connectivity index is 2.05. The van der Waals surface area contributed by atoms with Crippen LogP contribution in [-0.2, 0) is 6.54 Å². The third-order valence-electron chi connectivity index (χ3n) is 3.87. The van der Waals surface area contributed by atoms with Gasteiger partial charge in [-0.05, 0) is 55.0 Å². The van der Waals surface area contributed by atoms with Crippen molar-refractivity contribution in [1.82, 2.24) is 4.57 Å². The first kappa shape index (κ1) is 19.4. The number of hydrogen-bond acceptors (Lipinski definition) is 5. The summed E-state index contributed by atoms with van der Waals surface area (Å²) >= 11 is 7.01. The molecule has 2 aromatic carbocycles. The van der Waals surface area contributed by atoms with Crippen LogP contribution >= 0.6 is 22.9 Å². The summed E-state index contributed by atoms with van der Waals surface area (Å²) in [6, 6.07) is 18.0.